The molecule has 5 rings (SSSR count). The molecule has 3 unspecified atom stereocenters. The number of pyridine rings is 1. The summed E-state index contributed by atoms with van der Waals surface area (Å²) in [6, 6.07) is 20.0. The van der Waals surface area contributed by atoms with Gasteiger partial charge in [0.05, 0.1) is 17.7 Å². The maximum atomic E-state index is 11.5. The fourth-order valence-corrected chi connectivity index (χ4v) is 4.08. The minimum Gasteiger partial charge on any atom is -0.377 e. The standard InChI is InChI=1S/C22H18N4O/c27-13-18-16-9-4-10-17-20(16)22(26-25-18)19(14-6-2-1-3-7-14)21(24-17)15-8-5-11-23-12-15/h1-13,18-19,21,24-25H. The zero-order valence-electron chi connectivity index (χ0n) is 14.5. The summed E-state index contributed by atoms with van der Waals surface area (Å²) in [5.41, 5.74) is 9.26. The van der Waals surface area contributed by atoms with Crippen molar-refractivity contribution >= 4 is 17.7 Å². The number of nitrogens with zero attached hydrogens (tertiary/aromatic N) is 2. The minimum absolute atomic E-state index is 0.00261. The normalized spacial score (nSPS) is 22.7. The van der Waals surface area contributed by atoms with Gasteiger partial charge in [-0.15, -0.1) is 0 Å². The highest BCUT2D eigenvalue weighted by Crippen LogP contribution is 2.45. The van der Waals surface area contributed by atoms with Crippen LogP contribution in [0.5, 0.6) is 0 Å². The van der Waals surface area contributed by atoms with Gasteiger partial charge in [0.25, 0.3) is 0 Å². The predicted octanol–water partition coefficient (Wildman–Crippen LogP) is 3.58. The van der Waals surface area contributed by atoms with E-state index in [1.807, 2.05) is 48.7 Å². The van der Waals surface area contributed by atoms with Crippen molar-refractivity contribution in [1.82, 2.24) is 10.4 Å². The molecule has 27 heavy (non-hydrogen) atoms. The Morgan fingerprint density at radius 1 is 0.926 bits per heavy atom. The van der Waals surface area contributed by atoms with E-state index in [1.54, 1.807) is 6.20 Å². The monoisotopic (exact) mass is 354 g/mol. The second kappa shape index (κ2) is 6.36. The van der Waals surface area contributed by atoms with Crippen LogP contribution in [0.4, 0.5) is 5.69 Å². The number of carbonyl (C=O) groups is 1. The molecule has 5 nitrogen and oxygen atoms in total. The van der Waals surface area contributed by atoms with Crippen LogP contribution in [0.15, 0.2) is 78.2 Å². The van der Waals surface area contributed by atoms with Gasteiger partial charge in [-0.05, 0) is 28.8 Å². The molecule has 0 saturated heterocycles. The summed E-state index contributed by atoms with van der Waals surface area (Å²) < 4.78 is 0. The highest BCUT2D eigenvalue weighted by atomic mass is 16.1. The Balaban J connectivity index is 1.73. The number of nitrogens with one attached hydrogen (secondary N) is 2. The second-order valence-electron chi connectivity index (χ2n) is 6.81. The molecule has 132 valence electrons. The molecular weight excluding hydrogens is 336 g/mol. The van der Waals surface area contributed by atoms with E-state index < -0.39 is 6.04 Å². The van der Waals surface area contributed by atoms with Crippen LogP contribution < -0.4 is 10.7 Å². The number of hydrogen-bond acceptors (Lipinski definition) is 5. The highest BCUT2D eigenvalue weighted by Gasteiger charge is 2.39. The molecule has 2 aromatic carbocycles. The summed E-state index contributed by atoms with van der Waals surface area (Å²) in [4.78, 5) is 15.8. The van der Waals surface area contributed by atoms with Gasteiger partial charge in [0.2, 0.25) is 0 Å². The first-order chi connectivity index (χ1) is 13.4. The molecular formula is C22H18N4O. The molecule has 2 aliphatic heterocycles. The molecule has 2 N–H and O–H groups in total. The van der Waals surface area contributed by atoms with E-state index in [0.29, 0.717) is 0 Å². The van der Waals surface area contributed by atoms with Crippen molar-refractivity contribution in [2.24, 2.45) is 5.10 Å². The Labute approximate surface area is 157 Å². The van der Waals surface area contributed by atoms with Gasteiger partial charge >= 0.3 is 0 Å². The molecule has 5 heteroatoms. The van der Waals surface area contributed by atoms with Crippen molar-refractivity contribution in [2.75, 3.05) is 5.32 Å². The van der Waals surface area contributed by atoms with E-state index >= 15 is 0 Å². The van der Waals surface area contributed by atoms with E-state index in [9.17, 15) is 4.79 Å². The maximum absolute atomic E-state index is 11.5. The molecule has 0 bridgehead atoms. The van der Waals surface area contributed by atoms with Crippen LogP contribution in [0.1, 0.15) is 40.3 Å². The summed E-state index contributed by atoms with van der Waals surface area (Å²) >= 11 is 0. The fraction of sp³-hybridized carbons (Fsp3) is 0.136. The lowest BCUT2D eigenvalue weighted by atomic mass is 9.76. The van der Waals surface area contributed by atoms with Crippen molar-refractivity contribution in [2.45, 2.75) is 18.0 Å². The quantitative estimate of drug-likeness (QED) is 0.706. The Morgan fingerprint density at radius 2 is 1.78 bits per heavy atom. The SMILES string of the molecule is O=CC1NN=C2c3c(cccc31)NC(c1cccnc1)C2c1ccccc1. The van der Waals surface area contributed by atoms with Crippen molar-refractivity contribution in [3.63, 3.8) is 0 Å². The molecule has 3 heterocycles. The molecule has 0 fully saturated rings. The van der Waals surface area contributed by atoms with Gasteiger partial charge in [0.15, 0.2) is 0 Å². The third-order valence-electron chi connectivity index (χ3n) is 5.29. The van der Waals surface area contributed by atoms with Gasteiger partial charge < -0.3 is 10.1 Å². The van der Waals surface area contributed by atoms with Crippen LogP contribution in [-0.2, 0) is 4.79 Å². The minimum atomic E-state index is -0.420. The van der Waals surface area contributed by atoms with Crippen LogP contribution in [0.2, 0.25) is 0 Å². The third kappa shape index (κ3) is 2.51. The number of rotatable bonds is 3. The first-order valence-corrected chi connectivity index (χ1v) is 9.00. The van der Waals surface area contributed by atoms with Crippen molar-refractivity contribution in [3.8, 4) is 0 Å². The lowest BCUT2D eigenvalue weighted by Crippen LogP contribution is -2.38. The van der Waals surface area contributed by atoms with Crippen molar-refractivity contribution < 1.29 is 4.79 Å². The van der Waals surface area contributed by atoms with Crippen molar-refractivity contribution in [3.05, 3.63) is 95.3 Å². The van der Waals surface area contributed by atoms with Gasteiger partial charge in [-0.3, -0.25) is 10.4 Å². The topological polar surface area (TPSA) is 66.4 Å². The van der Waals surface area contributed by atoms with Crippen molar-refractivity contribution in [1.29, 1.82) is 0 Å². The van der Waals surface area contributed by atoms with E-state index in [0.717, 1.165) is 34.4 Å². The lowest BCUT2D eigenvalue weighted by Gasteiger charge is -2.39. The summed E-state index contributed by atoms with van der Waals surface area (Å²) in [7, 11) is 0. The molecule has 0 amide bonds. The largest absolute Gasteiger partial charge is 0.377 e. The summed E-state index contributed by atoms with van der Waals surface area (Å²) in [6.45, 7) is 0. The van der Waals surface area contributed by atoms with Crippen LogP contribution in [0, 0.1) is 0 Å². The average molecular weight is 354 g/mol. The van der Waals surface area contributed by atoms with Crippen LogP contribution in [-0.4, -0.2) is 17.0 Å². The Bertz CT molecular complexity index is 1020. The third-order valence-corrected chi connectivity index (χ3v) is 5.29. The Morgan fingerprint density at radius 3 is 2.56 bits per heavy atom. The smallest absolute Gasteiger partial charge is 0.148 e. The van der Waals surface area contributed by atoms with Crippen LogP contribution in [0.3, 0.4) is 0 Å². The number of benzene rings is 2. The zero-order chi connectivity index (χ0) is 18.2. The molecule has 0 radical (unpaired) electrons. The number of aromatic nitrogens is 1. The fourth-order valence-electron chi connectivity index (χ4n) is 4.08. The first kappa shape index (κ1) is 15.8. The molecule has 1 aromatic heterocycles. The first-order valence-electron chi connectivity index (χ1n) is 9.00. The zero-order valence-corrected chi connectivity index (χ0v) is 14.5. The van der Waals surface area contributed by atoms with E-state index in [2.05, 4.69) is 39.0 Å². The summed E-state index contributed by atoms with van der Waals surface area (Å²) in [6.07, 6.45) is 4.58. The lowest BCUT2D eigenvalue weighted by molar-refractivity contribution is -0.109. The highest BCUT2D eigenvalue weighted by molar-refractivity contribution is 6.13. The van der Waals surface area contributed by atoms with Gasteiger partial charge in [0, 0.05) is 23.6 Å². The number of hydrogen-bond donors (Lipinski definition) is 2. The molecule has 0 saturated carbocycles. The molecule has 3 aromatic rings. The summed E-state index contributed by atoms with van der Waals surface area (Å²) in [5, 5.41) is 8.34. The number of hydrazone groups is 1. The Hall–Kier alpha value is -3.47. The van der Waals surface area contributed by atoms with Gasteiger partial charge in [-0.1, -0.05) is 48.5 Å². The average Bonchev–Trinajstić information content (AvgIpc) is 2.75. The van der Waals surface area contributed by atoms with E-state index in [4.69, 9.17) is 0 Å². The second-order valence-corrected chi connectivity index (χ2v) is 6.81. The maximum Gasteiger partial charge on any atom is 0.148 e. The van der Waals surface area contributed by atoms with Gasteiger partial charge in [-0.25, -0.2) is 0 Å². The van der Waals surface area contributed by atoms with Crippen LogP contribution in [0.25, 0.3) is 0 Å². The van der Waals surface area contributed by atoms with Crippen LogP contribution >= 0.6 is 0 Å². The summed E-state index contributed by atoms with van der Waals surface area (Å²) in [5.74, 6) is 0.00384. The van der Waals surface area contributed by atoms with E-state index in [1.165, 1.54) is 5.56 Å². The number of aldehydes is 1. The Kier molecular flexibility index (Phi) is 3.71. The predicted molar refractivity (Wildman–Crippen MR) is 105 cm³/mol. The molecule has 0 aliphatic carbocycles. The number of anilines is 1. The molecule has 2 aliphatic rings. The van der Waals surface area contributed by atoms with E-state index in [-0.39, 0.29) is 12.0 Å². The molecule has 3 atom stereocenters. The number of carbonyl (C=O) groups excluding carboxylic acids is 1. The molecule has 0 spiro atoms. The van der Waals surface area contributed by atoms with Gasteiger partial charge in [0.1, 0.15) is 12.3 Å². The van der Waals surface area contributed by atoms with Gasteiger partial charge in [-0.2, -0.15) is 5.10 Å².